The van der Waals surface area contributed by atoms with E-state index in [1.807, 2.05) is 65.0 Å². The molecule has 37 heavy (non-hydrogen) atoms. The molecule has 0 aliphatic carbocycles. The summed E-state index contributed by atoms with van der Waals surface area (Å²) in [5, 5.41) is 10.5. The third-order valence-electron chi connectivity index (χ3n) is 9.01. The maximum absolute atomic E-state index is 14.0. The number of carbonyl (C=O) groups excluding carboxylic acids is 1. The van der Waals surface area contributed by atoms with Crippen molar-refractivity contribution in [1.82, 2.24) is 14.4 Å². The zero-order valence-electron chi connectivity index (χ0n) is 21.4. The molecule has 1 amide bonds. The van der Waals surface area contributed by atoms with Gasteiger partial charge in [0.05, 0.1) is 12.0 Å². The van der Waals surface area contributed by atoms with Gasteiger partial charge in [-0.25, -0.2) is 0 Å². The predicted octanol–water partition coefficient (Wildman–Crippen LogP) is 3.59. The van der Waals surface area contributed by atoms with Crippen LogP contribution in [0, 0.1) is 17.8 Å². The van der Waals surface area contributed by atoms with Crippen molar-refractivity contribution in [3.63, 3.8) is 0 Å². The fraction of sp³-hybridized carbons (Fsp3) is 0.419. The molecule has 3 aromatic rings. The molecule has 0 saturated carbocycles. The van der Waals surface area contributed by atoms with Crippen molar-refractivity contribution in [2.24, 2.45) is 17.8 Å². The van der Waals surface area contributed by atoms with Gasteiger partial charge in [-0.15, -0.1) is 0 Å². The van der Waals surface area contributed by atoms with Gasteiger partial charge in [0.25, 0.3) is 5.56 Å². The average Bonchev–Trinajstić information content (AvgIpc) is 3.11. The van der Waals surface area contributed by atoms with E-state index in [0.29, 0.717) is 18.0 Å². The number of benzene rings is 2. The molecular weight excluding hydrogens is 462 g/mol. The summed E-state index contributed by atoms with van der Waals surface area (Å²) in [5.41, 5.74) is 3.81. The standard InChI is InChI=1S/C31H35N3O3/c1-32-27-19-34-26(13-12-24(30(34)36)23-10-6-3-7-11-23)29(32)28(25(27)20-35)31(37)33-16-14-22(15-17-33)18-21-8-4-2-5-9-21/h2-13,22,25,27-29,35H,14-20H2,1H3/t25-,27-,28+,29+/m0/s1. The molecule has 2 bridgehead atoms. The third kappa shape index (κ3) is 4.22. The van der Waals surface area contributed by atoms with E-state index in [1.165, 1.54) is 5.56 Å². The second kappa shape index (κ2) is 9.92. The summed E-state index contributed by atoms with van der Waals surface area (Å²) >= 11 is 0. The van der Waals surface area contributed by atoms with Gasteiger partial charge >= 0.3 is 0 Å². The molecule has 2 aromatic carbocycles. The maximum atomic E-state index is 14.0. The minimum absolute atomic E-state index is 0.0154. The van der Waals surface area contributed by atoms with Gasteiger partial charge in [-0.2, -0.15) is 0 Å². The molecule has 6 rings (SSSR count). The molecule has 6 nitrogen and oxygen atoms in total. The topological polar surface area (TPSA) is 65.8 Å². The molecule has 1 N–H and O–H groups in total. The van der Waals surface area contributed by atoms with Crippen LogP contribution in [0.25, 0.3) is 11.1 Å². The van der Waals surface area contributed by atoms with Crippen molar-refractivity contribution in [1.29, 1.82) is 0 Å². The highest BCUT2D eigenvalue weighted by atomic mass is 16.3. The summed E-state index contributed by atoms with van der Waals surface area (Å²) in [6, 6.07) is 24.0. The highest BCUT2D eigenvalue weighted by Gasteiger charge is 2.55. The summed E-state index contributed by atoms with van der Waals surface area (Å²) in [6.07, 6.45) is 3.05. The van der Waals surface area contributed by atoms with Gasteiger partial charge in [0, 0.05) is 49.5 Å². The number of nitrogens with zero attached hydrogens (tertiary/aromatic N) is 3. The molecule has 2 saturated heterocycles. The molecule has 4 atom stereocenters. The zero-order valence-corrected chi connectivity index (χ0v) is 21.4. The normalized spacial score (nSPS) is 25.7. The molecule has 3 aliphatic rings. The zero-order chi connectivity index (χ0) is 25.5. The molecule has 6 heteroatoms. The number of aromatic nitrogens is 1. The quantitative estimate of drug-likeness (QED) is 0.585. The van der Waals surface area contributed by atoms with Crippen molar-refractivity contribution in [3.8, 4) is 11.1 Å². The van der Waals surface area contributed by atoms with Gasteiger partial charge in [0.1, 0.15) is 0 Å². The van der Waals surface area contributed by atoms with Crippen LogP contribution in [0.5, 0.6) is 0 Å². The monoisotopic (exact) mass is 497 g/mol. The fourth-order valence-corrected chi connectivity index (χ4v) is 7.02. The lowest BCUT2D eigenvalue weighted by Crippen LogP contribution is -2.45. The Kier molecular flexibility index (Phi) is 6.47. The van der Waals surface area contributed by atoms with Crippen LogP contribution in [-0.2, 0) is 17.8 Å². The Morgan fingerprint density at radius 1 is 0.946 bits per heavy atom. The third-order valence-corrected chi connectivity index (χ3v) is 9.01. The smallest absolute Gasteiger partial charge is 0.258 e. The van der Waals surface area contributed by atoms with E-state index in [4.69, 9.17) is 0 Å². The number of aliphatic hydroxyl groups excluding tert-OH is 1. The predicted molar refractivity (Wildman–Crippen MR) is 144 cm³/mol. The lowest BCUT2D eigenvalue weighted by atomic mass is 9.84. The highest BCUT2D eigenvalue weighted by molar-refractivity contribution is 5.81. The number of rotatable bonds is 5. The summed E-state index contributed by atoms with van der Waals surface area (Å²) in [7, 11) is 2.04. The minimum atomic E-state index is -0.346. The van der Waals surface area contributed by atoms with Gasteiger partial charge in [0.15, 0.2) is 0 Å². The van der Waals surface area contributed by atoms with E-state index < -0.39 is 0 Å². The Bertz CT molecular complexity index is 1310. The molecule has 2 fully saturated rings. The summed E-state index contributed by atoms with van der Waals surface area (Å²) in [6.45, 7) is 1.95. The Hall–Kier alpha value is -3.22. The summed E-state index contributed by atoms with van der Waals surface area (Å²) < 4.78 is 1.86. The van der Waals surface area contributed by atoms with Crippen molar-refractivity contribution in [3.05, 3.63) is 94.4 Å². The lowest BCUT2D eigenvalue weighted by Gasteiger charge is -2.37. The lowest BCUT2D eigenvalue weighted by molar-refractivity contribution is -0.139. The van der Waals surface area contributed by atoms with Gasteiger partial charge in [-0.05, 0) is 55.5 Å². The molecule has 3 aliphatic heterocycles. The fourth-order valence-electron chi connectivity index (χ4n) is 7.02. The van der Waals surface area contributed by atoms with Crippen LogP contribution in [0.1, 0.15) is 30.1 Å². The van der Waals surface area contributed by atoms with Crippen LogP contribution in [-0.4, -0.2) is 58.2 Å². The van der Waals surface area contributed by atoms with E-state index in [9.17, 15) is 14.7 Å². The van der Waals surface area contributed by atoms with Gasteiger partial charge in [-0.1, -0.05) is 60.7 Å². The Balaban J connectivity index is 1.25. The number of aliphatic hydroxyl groups is 1. The van der Waals surface area contributed by atoms with E-state index in [1.54, 1.807) is 0 Å². The Labute approximate surface area is 218 Å². The molecule has 0 unspecified atom stereocenters. The Morgan fingerprint density at radius 2 is 1.62 bits per heavy atom. The molecular formula is C31H35N3O3. The second-order valence-electron chi connectivity index (χ2n) is 11.0. The number of pyridine rings is 1. The molecule has 4 heterocycles. The number of hydrogen-bond donors (Lipinski definition) is 1. The van der Waals surface area contributed by atoms with Crippen LogP contribution in [0.15, 0.2) is 77.6 Å². The van der Waals surface area contributed by atoms with Gasteiger partial charge in [-0.3, -0.25) is 14.5 Å². The summed E-state index contributed by atoms with van der Waals surface area (Å²) in [5.74, 6) is 0.177. The SMILES string of the molecule is CN1[C@@H]2c3ccc(-c4ccccc4)c(=O)n3C[C@H]1[C@H](CO)[C@H]2C(=O)N1CCC(Cc2ccccc2)CC1. The first-order valence-corrected chi connectivity index (χ1v) is 13.5. The Morgan fingerprint density at radius 3 is 2.30 bits per heavy atom. The van der Waals surface area contributed by atoms with Crippen LogP contribution < -0.4 is 5.56 Å². The number of carbonyl (C=O) groups is 1. The first-order valence-electron chi connectivity index (χ1n) is 13.5. The minimum Gasteiger partial charge on any atom is -0.396 e. The number of likely N-dealkylation sites (N-methyl/N-ethyl adjacent to an activating group) is 1. The van der Waals surface area contributed by atoms with Crippen molar-refractivity contribution < 1.29 is 9.90 Å². The number of hydrogen-bond acceptors (Lipinski definition) is 4. The first kappa shape index (κ1) is 24.1. The van der Waals surface area contributed by atoms with E-state index in [-0.39, 0.29) is 42.0 Å². The molecule has 1 aromatic heterocycles. The van der Waals surface area contributed by atoms with Crippen LogP contribution >= 0.6 is 0 Å². The molecule has 0 radical (unpaired) electrons. The van der Waals surface area contributed by atoms with E-state index >= 15 is 0 Å². The molecule has 0 spiro atoms. The first-order chi connectivity index (χ1) is 18.1. The van der Waals surface area contributed by atoms with Crippen LogP contribution in [0.2, 0.25) is 0 Å². The second-order valence-corrected chi connectivity index (χ2v) is 11.0. The largest absolute Gasteiger partial charge is 0.396 e. The number of amides is 1. The van der Waals surface area contributed by atoms with E-state index in [0.717, 1.165) is 43.6 Å². The van der Waals surface area contributed by atoms with Crippen molar-refractivity contribution in [2.75, 3.05) is 26.7 Å². The number of likely N-dealkylation sites (tertiary alicyclic amines) is 1. The highest BCUT2D eigenvalue weighted by Crippen LogP contribution is 2.48. The maximum Gasteiger partial charge on any atom is 0.258 e. The van der Waals surface area contributed by atoms with Crippen molar-refractivity contribution in [2.45, 2.75) is 37.9 Å². The average molecular weight is 498 g/mol. The van der Waals surface area contributed by atoms with Gasteiger partial charge in [0.2, 0.25) is 5.91 Å². The van der Waals surface area contributed by atoms with Crippen LogP contribution in [0.4, 0.5) is 0 Å². The summed E-state index contributed by atoms with van der Waals surface area (Å²) in [4.78, 5) is 31.8. The number of fused-ring (bicyclic) bond motifs is 4. The van der Waals surface area contributed by atoms with E-state index in [2.05, 4.69) is 29.2 Å². The van der Waals surface area contributed by atoms with Crippen molar-refractivity contribution >= 4 is 5.91 Å². The van der Waals surface area contributed by atoms with Crippen LogP contribution in [0.3, 0.4) is 0 Å². The van der Waals surface area contributed by atoms with Gasteiger partial charge < -0.3 is 14.6 Å². The number of piperidine rings is 1. The molecule has 192 valence electrons.